The molecule has 2 nitrogen and oxygen atoms in total. The Morgan fingerprint density at radius 2 is 1.38 bits per heavy atom. The molecule has 0 saturated heterocycles. The Morgan fingerprint density at radius 1 is 0.750 bits per heavy atom. The van der Waals surface area contributed by atoms with Gasteiger partial charge in [-0.15, -0.1) is 0 Å². The molecule has 0 fully saturated rings. The van der Waals surface area contributed by atoms with Crippen molar-refractivity contribution in [2.75, 3.05) is 19.6 Å². The van der Waals surface area contributed by atoms with Crippen LogP contribution in [-0.2, 0) is 0 Å². The minimum absolute atomic E-state index is 0.264. The average molecular weight is 228 g/mol. The van der Waals surface area contributed by atoms with Gasteiger partial charge in [-0.3, -0.25) is 0 Å². The minimum Gasteiger partial charge on any atom is -0.317 e. The Labute approximate surface area is 103 Å². The first-order chi connectivity index (χ1) is 7.56. The number of rotatable bonds is 10. The van der Waals surface area contributed by atoms with E-state index in [9.17, 15) is 0 Å². The summed E-state index contributed by atoms with van der Waals surface area (Å²) in [7, 11) is 0. The molecule has 0 aromatic carbocycles. The van der Waals surface area contributed by atoms with Crippen LogP contribution in [0.3, 0.4) is 0 Å². The van der Waals surface area contributed by atoms with Crippen LogP contribution in [0.1, 0.15) is 66.2 Å². The van der Waals surface area contributed by atoms with E-state index < -0.39 is 0 Å². The fourth-order valence-electron chi connectivity index (χ4n) is 1.66. The third-order valence-electron chi connectivity index (χ3n) is 2.64. The highest BCUT2D eigenvalue weighted by molar-refractivity contribution is 4.69. The van der Waals surface area contributed by atoms with E-state index in [-0.39, 0.29) is 5.54 Å². The van der Waals surface area contributed by atoms with Crippen molar-refractivity contribution in [2.24, 2.45) is 0 Å². The lowest BCUT2D eigenvalue weighted by Gasteiger charge is -2.20. The number of nitrogens with one attached hydrogen (secondary N) is 2. The van der Waals surface area contributed by atoms with Crippen LogP contribution in [-0.4, -0.2) is 25.2 Å². The number of unbranched alkanes of at least 4 members (excludes halogenated alkanes) is 4. The molecule has 0 aliphatic rings. The van der Waals surface area contributed by atoms with Crippen LogP contribution in [0.5, 0.6) is 0 Å². The van der Waals surface area contributed by atoms with Gasteiger partial charge in [0.1, 0.15) is 0 Å². The highest BCUT2D eigenvalue weighted by Gasteiger charge is 2.06. The Hall–Kier alpha value is -0.0800. The van der Waals surface area contributed by atoms with E-state index in [0.29, 0.717) is 0 Å². The van der Waals surface area contributed by atoms with Gasteiger partial charge in [0.25, 0.3) is 0 Å². The van der Waals surface area contributed by atoms with Crippen molar-refractivity contribution in [1.29, 1.82) is 0 Å². The van der Waals surface area contributed by atoms with Crippen molar-refractivity contribution in [2.45, 2.75) is 71.8 Å². The van der Waals surface area contributed by atoms with E-state index in [0.717, 1.165) is 13.1 Å². The van der Waals surface area contributed by atoms with Gasteiger partial charge in [0.15, 0.2) is 0 Å². The van der Waals surface area contributed by atoms with Gasteiger partial charge in [-0.1, -0.05) is 32.6 Å². The molecule has 0 aliphatic heterocycles. The summed E-state index contributed by atoms with van der Waals surface area (Å²) in [5.74, 6) is 0. The largest absolute Gasteiger partial charge is 0.317 e. The second-order valence-corrected chi connectivity index (χ2v) is 5.69. The lowest BCUT2D eigenvalue weighted by Crippen LogP contribution is -2.37. The Morgan fingerprint density at radius 3 is 2.00 bits per heavy atom. The van der Waals surface area contributed by atoms with Crippen LogP contribution in [0.4, 0.5) is 0 Å². The predicted octanol–water partition coefficient (Wildman–Crippen LogP) is 3.32. The smallest absolute Gasteiger partial charge is 0.00965 e. The first-order valence-corrected chi connectivity index (χ1v) is 7.02. The molecule has 0 aromatic rings. The molecular formula is C14H32N2. The summed E-state index contributed by atoms with van der Waals surface area (Å²) in [5.41, 5.74) is 0.264. The first-order valence-electron chi connectivity index (χ1n) is 7.02. The zero-order valence-electron chi connectivity index (χ0n) is 11.9. The van der Waals surface area contributed by atoms with E-state index in [1.54, 1.807) is 0 Å². The normalized spacial score (nSPS) is 12.0. The molecule has 0 atom stereocenters. The molecule has 0 bridgehead atoms. The molecule has 2 N–H and O–H groups in total. The Bertz CT molecular complexity index is 138. The van der Waals surface area contributed by atoms with Crippen molar-refractivity contribution in [3.63, 3.8) is 0 Å². The van der Waals surface area contributed by atoms with Crippen molar-refractivity contribution in [3.8, 4) is 0 Å². The average Bonchev–Trinajstić information content (AvgIpc) is 2.19. The van der Waals surface area contributed by atoms with Gasteiger partial charge in [0, 0.05) is 5.54 Å². The highest BCUT2D eigenvalue weighted by atomic mass is 14.9. The summed E-state index contributed by atoms with van der Waals surface area (Å²) in [6.45, 7) is 12.4. The standard InChI is InChI=1S/C14H32N2/c1-5-6-7-8-9-11-15-12-10-13-16-14(2,3)4/h15-16H,5-13H2,1-4H3. The molecule has 0 unspecified atom stereocenters. The van der Waals surface area contributed by atoms with Crippen molar-refractivity contribution in [3.05, 3.63) is 0 Å². The fourth-order valence-corrected chi connectivity index (χ4v) is 1.66. The predicted molar refractivity (Wildman–Crippen MR) is 74.0 cm³/mol. The number of hydrogen-bond acceptors (Lipinski definition) is 2. The fraction of sp³-hybridized carbons (Fsp3) is 1.00. The molecule has 98 valence electrons. The van der Waals surface area contributed by atoms with Crippen molar-refractivity contribution in [1.82, 2.24) is 10.6 Å². The van der Waals surface area contributed by atoms with E-state index >= 15 is 0 Å². The summed E-state index contributed by atoms with van der Waals surface area (Å²) in [6, 6.07) is 0. The molecule has 0 aromatic heterocycles. The zero-order valence-corrected chi connectivity index (χ0v) is 11.9. The second kappa shape index (κ2) is 10.1. The van der Waals surface area contributed by atoms with Crippen molar-refractivity contribution >= 4 is 0 Å². The molecule has 0 heterocycles. The maximum absolute atomic E-state index is 3.51. The Balaban J connectivity index is 2.99. The topological polar surface area (TPSA) is 24.1 Å². The maximum atomic E-state index is 3.51. The summed E-state index contributed by atoms with van der Waals surface area (Å²) >= 11 is 0. The molecule has 0 amide bonds. The third-order valence-corrected chi connectivity index (χ3v) is 2.64. The monoisotopic (exact) mass is 228 g/mol. The van der Waals surface area contributed by atoms with Crippen LogP contribution in [0, 0.1) is 0 Å². The van der Waals surface area contributed by atoms with Gasteiger partial charge in [0.05, 0.1) is 0 Å². The summed E-state index contributed by atoms with van der Waals surface area (Å²) in [6.07, 6.45) is 8.10. The van der Waals surface area contributed by atoms with E-state index in [1.165, 1.54) is 45.1 Å². The maximum Gasteiger partial charge on any atom is 0.00965 e. The van der Waals surface area contributed by atoms with Crippen LogP contribution in [0.15, 0.2) is 0 Å². The van der Waals surface area contributed by atoms with E-state index in [4.69, 9.17) is 0 Å². The molecule has 16 heavy (non-hydrogen) atoms. The highest BCUT2D eigenvalue weighted by Crippen LogP contribution is 2.01. The third kappa shape index (κ3) is 13.9. The minimum atomic E-state index is 0.264. The van der Waals surface area contributed by atoms with Crippen LogP contribution < -0.4 is 10.6 Å². The quantitative estimate of drug-likeness (QED) is 0.561. The summed E-state index contributed by atoms with van der Waals surface area (Å²) in [4.78, 5) is 0. The summed E-state index contributed by atoms with van der Waals surface area (Å²) < 4.78 is 0. The lowest BCUT2D eigenvalue weighted by molar-refractivity contribution is 0.418. The first kappa shape index (κ1) is 15.9. The molecule has 0 spiro atoms. The van der Waals surface area contributed by atoms with Gasteiger partial charge in [0.2, 0.25) is 0 Å². The Kier molecular flexibility index (Phi) is 10.0. The van der Waals surface area contributed by atoms with Gasteiger partial charge in [-0.25, -0.2) is 0 Å². The molecule has 0 radical (unpaired) electrons. The van der Waals surface area contributed by atoms with Gasteiger partial charge in [-0.2, -0.15) is 0 Å². The molecule has 0 rings (SSSR count). The molecular weight excluding hydrogens is 196 g/mol. The van der Waals surface area contributed by atoms with Crippen LogP contribution in [0.25, 0.3) is 0 Å². The second-order valence-electron chi connectivity index (χ2n) is 5.69. The van der Waals surface area contributed by atoms with E-state index in [1.807, 2.05) is 0 Å². The molecule has 0 aliphatic carbocycles. The SMILES string of the molecule is CCCCCCCNCCCNC(C)(C)C. The summed E-state index contributed by atoms with van der Waals surface area (Å²) in [5, 5.41) is 7.01. The van der Waals surface area contributed by atoms with Crippen LogP contribution in [0.2, 0.25) is 0 Å². The van der Waals surface area contributed by atoms with Gasteiger partial charge < -0.3 is 10.6 Å². The van der Waals surface area contributed by atoms with Crippen LogP contribution >= 0.6 is 0 Å². The zero-order chi connectivity index (χ0) is 12.3. The van der Waals surface area contributed by atoms with Gasteiger partial charge in [-0.05, 0) is 53.2 Å². The molecule has 2 heteroatoms. The lowest BCUT2D eigenvalue weighted by atomic mass is 10.1. The van der Waals surface area contributed by atoms with Crippen molar-refractivity contribution < 1.29 is 0 Å². The molecule has 0 saturated carbocycles. The van der Waals surface area contributed by atoms with E-state index in [2.05, 4.69) is 38.3 Å². The van der Waals surface area contributed by atoms with Gasteiger partial charge >= 0.3 is 0 Å². The number of hydrogen-bond donors (Lipinski definition) is 2.